The van der Waals surface area contributed by atoms with Crippen LogP contribution in [0.15, 0.2) is 42.5 Å². The topological polar surface area (TPSA) is 75.7 Å². The first kappa shape index (κ1) is 22.1. The third-order valence-electron chi connectivity index (χ3n) is 4.98. The van der Waals surface area contributed by atoms with Gasteiger partial charge in [-0.05, 0) is 55.2 Å². The molecule has 0 radical (unpaired) electrons. The van der Waals surface area contributed by atoms with Crippen molar-refractivity contribution in [1.29, 1.82) is 0 Å². The standard InChI is InChI=1S/C22H22Cl2N2O4/c1-14(27)30-18-4-2-3-16(11-18)21(28)25-13-15-7-9-26(10-8-15)22(29)17-5-6-19(23)20(24)12-17/h2-6,11-12,15H,7-10,13H2,1H3,(H,25,28). The number of rotatable bonds is 5. The van der Waals surface area contributed by atoms with Gasteiger partial charge in [-0.3, -0.25) is 14.4 Å². The Kier molecular flexibility index (Phi) is 7.34. The number of benzene rings is 2. The van der Waals surface area contributed by atoms with Crippen LogP contribution in [0.3, 0.4) is 0 Å². The third kappa shape index (κ3) is 5.74. The lowest BCUT2D eigenvalue weighted by atomic mass is 9.96. The molecule has 30 heavy (non-hydrogen) atoms. The lowest BCUT2D eigenvalue weighted by Crippen LogP contribution is -2.41. The molecular weight excluding hydrogens is 427 g/mol. The molecule has 0 saturated carbocycles. The number of nitrogens with zero attached hydrogens (tertiary/aromatic N) is 1. The largest absolute Gasteiger partial charge is 0.427 e. The normalized spacial score (nSPS) is 14.3. The molecule has 0 atom stereocenters. The number of esters is 1. The molecule has 8 heteroatoms. The maximum atomic E-state index is 12.6. The lowest BCUT2D eigenvalue weighted by Gasteiger charge is -2.32. The molecule has 6 nitrogen and oxygen atoms in total. The van der Waals surface area contributed by atoms with E-state index >= 15 is 0 Å². The van der Waals surface area contributed by atoms with Crippen molar-refractivity contribution in [2.75, 3.05) is 19.6 Å². The van der Waals surface area contributed by atoms with Crippen molar-refractivity contribution in [3.8, 4) is 5.75 Å². The zero-order valence-electron chi connectivity index (χ0n) is 16.5. The summed E-state index contributed by atoms with van der Waals surface area (Å²) in [6, 6.07) is 11.4. The molecule has 1 heterocycles. The van der Waals surface area contributed by atoms with Gasteiger partial charge in [0.1, 0.15) is 5.75 Å². The lowest BCUT2D eigenvalue weighted by molar-refractivity contribution is -0.131. The molecule has 1 aliphatic heterocycles. The van der Waals surface area contributed by atoms with Crippen molar-refractivity contribution >= 4 is 41.0 Å². The van der Waals surface area contributed by atoms with Gasteiger partial charge in [-0.1, -0.05) is 29.3 Å². The highest BCUT2D eigenvalue weighted by Crippen LogP contribution is 2.25. The van der Waals surface area contributed by atoms with Crippen LogP contribution in [0, 0.1) is 5.92 Å². The van der Waals surface area contributed by atoms with Crippen molar-refractivity contribution in [3.63, 3.8) is 0 Å². The number of piperidine rings is 1. The Balaban J connectivity index is 1.49. The molecule has 2 amide bonds. The summed E-state index contributed by atoms with van der Waals surface area (Å²) in [5.74, 6) is -0.112. The van der Waals surface area contributed by atoms with E-state index in [-0.39, 0.29) is 17.7 Å². The van der Waals surface area contributed by atoms with E-state index in [1.807, 2.05) is 0 Å². The Morgan fingerprint density at radius 2 is 1.77 bits per heavy atom. The van der Waals surface area contributed by atoms with Gasteiger partial charge in [0.05, 0.1) is 10.0 Å². The molecule has 1 saturated heterocycles. The van der Waals surface area contributed by atoms with Crippen molar-refractivity contribution in [2.24, 2.45) is 5.92 Å². The van der Waals surface area contributed by atoms with E-state index in [4.69, 9.17) is 27.9 Å². The van der Waals surface area contributed by atoms with E-state index in [0.717, 1.165) is 12.8 Å². The number of carbonyl (C=O) groups is 3. The first-order valence-corrected chi connectivity index (χ1v) is 10.4. The van der Waals surface area contributed by atoms with Gasteiger partial charge in [-0.2, -0.15) is 0 Å². The zero-order valence-corrected chi connectivity index (χ0v) is 18.0. The number of amides is 2. The molecule has 0 aromatic heterocycles. The summed E-state index contributed by atoms with van der Waals surface area (Å²) in [5.41, 5.74) is 0.949. The Morgan fingerprint density at radius 1 is 1.03 bits per heavy atom. The maximum absolute atomic E-state index is 12.6. The first-order valence-electron chi connectivity index (χ1n) is 9.64. The van der Waals surface area contributed by atoms with Gasteiger partial charge in [0.2, 0.25) is 0 Å². The monoisotopic (exact) mass is 448 g/mol. The van der Waals surface area contributed by atoms with Crippen molar-refractivity contribution < 1.29 is 19.1 Å². The van der Waals surface area contributed by atoms with Gasteiger partial charge in [0.15, 0.2) is 0 Å². The molecule has 0 aliphatic carbocycles. The van der Waals surface area contributed by atoms with Crippen LogP contribution in [0.4, 0.5) is 0 Å². The quantitative estimate of drug-likeness (QED) is 0.549. The third-order valence-corrected chi connectivity index (χ3v) is 5.72. The van der Waals surface area contributed by atoms with E-state index in [1.165, 1.54) is 13.0 Å². The van der Waals surface area contributed by atoms with Crippen LogP contribution < -0.4 is 10.1 Å². The van der Waals surface area contributed by atoms with Crippen LogP contribution in [0.5, 0.6) is 5.75 Å². The highest BCUT2D eigenvalue weighted by molar-refractivity contribution is 6.42. The first-order chi connectivity index (χ1) is 14.3. The summed E-state index contributed by atoms with van der Waals surface area (Å²) in [7, 11) is 0. The van der Waals surface area contributed by atoms with Crippen molar-refractivity contribution in [2.45, 2.75) is 19.8 Å². The van der Waals surface area contributed by atoms with Crippen LogP contribution in [-0.2, 0) is 4.79 Å². The number of hydrogen-bond donors (Lipinski definition) is 1. The Bertz CT molecular complexity index is 956. The van der Waals surface area contributed by atoms with Crippen LogP contribution in [-0.4, -0.2) is 42.3 Å². The second kappa shape index (κ2) is 9.96. The predicted molar refractivity (Wildman–Crippen MR) is 115 cm³/mol. The molecule has 1 fully saturated rings. The number of ether oxygens (including phenoxy) is 1. The summed E-state index contributed by atoms with van der Waals surface area (Å²) in [5, 5.41) is 3.70. The van der Waals surface area contributed by atoms with Crippen molar-refractivity contribution in [3.05, 3.63) is 63.6 Å². The SMILES string of the molecule is CC(=O)Oc1cccc(C(=O)NCC2CCN(C(=O)c3ccc(Cl)c(Cl)c3)CC2)c1. The molecule has 0 spiro atoms. The van der Waals surface area contributed by atoms with E-state index in [9.17, 15) is 14.4 Å². The fraction of sp³-hybridized carbons (Fsp3) is 0.318. The zero-order chi connectivity index (χ0) is 21.7. The summed E-state index contributed by atoms with van der Waals surface area (Å²) in [4.78, 5) is 37.9. The Labute approximate surface area is 185 Å². The van der Waals surface area contributed by atoms with Crippen LogP contribution in [0.1, 0.15) is 40.5 Å². The highest BCUT2D eigenvalue weighted by Gasteiger charge is 2.24. The van der Waals surface area contributed by atoms with Crippen LogP contribution in [0.2, 0.25) is 10.0 Å². The van der Waals surface area contributed by atoms with E-state index in [2.05, 4.69) is 5.32 Å². The fourth-order valence-electron chi connectivity index (χ4n) is 3.36. The minimum Gasteiger partial charge on any atom is -0.427 e. The van der Waals surface area contributed by atoms with Gasteiger partial charge in [-0.25, -0.2) is 0 Å². The van der Waals surface area contributed by atoms with E-state index in [0.29, 0.717) is 46.6 Å². The van der Waals surface area contributed by atoms with Gasteiger partial charge in [-0.15, -0.1) is 0 Å². The molecular formula is C22H22Cl2N2O4. The Morgan fingerprint density at radius 3 is 2.43 bits per heavy atom. The van der Waals surface area contributed by atoms with E-state index < -0.39 is 5.97 Å². The molecule has 0 bridgehead atoms. The van der Waals surface area contributed by atoms with Gasteiger partial charge >= 0.3 is 5.97 Å². The molecule has 2 aromatic carbocycles. The summed E-state index contributed by atoms with van der Waals surface area (Å²) < 4.78 is 5.01. The van der Waals surface area contributed by atoms with E-state index in [1.54, 1.807) is 41.3 Å². The Hall–Kier alpha value is -2.57. The highest BCUT2D eigenvalue weighted by atomic mass is 35.5. The predicted octanol–water partition coefficient (Wildman–Crippen LogP) is 4.20. The number of carbonyl (C=O) groups excluding carboxylic acids is 3. The second-order valence-corrected chi connectivity index (χ2v) is 8.01. The molecule has 158 valence electrons. The summed E-state index contributed by atoms with van der Waals surface area (Å²) in [6.45, 7) is 3.06. The number of hydrogen-bond acceptors (Lipinski definition) is 4. The number of likely N-dealkylation sites (tertiary alicyclic amines) is 1. The maximum Gasteiger partial charge on any atom is 0.308 e. The summed E-state index contributed by atoms with van der Waals surface area (Å²) in [6.07, 6.45) is 1.58. The number of halogens is 2. The summed E-state index contributed by atoms with van der Waals surface area (Å²) >= 11 is 11.9. The minimum atomic E-state index is -0.435. The average Bonchev–Trinajstić information content (AvgIpc) is 2.73. The molecule has 3 rings (SSSR count). The molecule has 1 aliphatic rings. The molecule has 1 N–H and O–H groups in total. The number of nitrogens with one attached hydrogen (secondary N) is 1. The fourth-order valence-corrected chi connectivity index (χ4v) is 3.66. The van der Waals surface area contributed by atoms with Crippen LogP contribution >= 0.6 is 23.2 Å². The second-order valence-electron chi connectivity index (χ2n) is 7.20. The smallest absolute Gasteiger partial charge is 0.308 e. The van der Waals surface area contributed by atoms with Gasteiger partial charge < -0.3 is 15.0 Å². The van der Waals surface area contributed by atoms with Crippen LogP contribution in [0.25, 0.3) is 0 Å². The van der Waals surface area contributed by atoms with Gasteiger partial charge in [0.25, 0.3) is 11.8 Å². The minimum absolute atomic E-state index is 0.0710. The molecule has 2 aromatic rings. The average molecular weight is 449 g/mol. The molecule has 0 unspecified atom stereocenters. The van der Waals surface area contributed by atoms with Crippen molar-refractivity contribution in [1.82, 2.24) is 10.2 Å². The van der Waals surface area contributed by atoms with Gasteiger partial charge in [0, 0.05) is 37.7 Å².